The number of rotatable bonds is 6. The van der Waals surface area contributed by atoms with Crippen molar-refractivity contribution in [3.8, 4) is 5.75 Å². The van der Waals surface area contributed by atoms with E-state index < -0.39 is 0 Å². The van der Waals surface area contributed by atoms with Crippen molar-refractivity contribution in [1.82, 2.24) is 10.2 Å². The number of nitrogens with one attached hydrogen (secondary N) is 1. The van der Waals surface area contributed by atoms with Crippen LogP contribution in [0.15, 0.2) is 54.6 Å². The molecule has 1 N–H and O–H groups in total. The van der Waals surface area contributed by atoms with Crippen molar-refractivity contribution in [1.29, 1.82) is 0 Å². The molecule has 1 fully saturated rings. The van der Waals surface area contributed by atoms with Crippen LogP contribution in [-0.2, 0) is 13.2 Å². The maximum Gasteiger partial charge on any atom is 0.119 e. The molecule has 116 valence electrons. The highest BCUT2D eigenvalue weighted by Gasteiger charge is 2.18. The molecule has 3 nitrogen and oxygen atoms in total. The summed E-state index contributed by atoms with van der Waals surface area (Å²) in [7, 11) is 2.21. The Kier molecular flexibility index (Phi) is 5.09. The van der Waals surface area contributed by atoms with E-state index >= 15 is 0 Å². The average Bonchev–Trinajstić information content (AvgIpc) is 3.10. The molecule has 1 saturated heterocycles. The minimum absolute atomic E-state index is 0.619. The Bertz CT molecular complexity index is 562. The number of likely N-dealkylation sites (N-methyl/N-ethyl adjacent to an activating group) is 1. The molecule has 2 aromatic rings. The van der Waals surface area contributed by atoms with E-state index in [2.05, 4.69) is 53.7 Å². The molecule has 0 saturated carbocycles. The van der Waals surface area contributed by atoms with Gasteiger partial charge in [0.1, 0.15) is 12.4 Å². The van der Waals surface area contributed by atoms with Gasteiger partial charge in [0.2, 0.25) is 0 Å². The minimum Gasteiger partial charge on any atom is -0.489 e. The van der Waals surface area contributed by atoms with Gasteiger partial charge < -0.3 is 10.1 Å². The van der Waals surface area contributed by atoms with Crippen molar-refractivity contribution < 1.29 is 4.74 Å². The van der Waals surface area contributed by atoms with Crippen LogP contribution in [0, 0.1) is 0 Å². The van der Waals surface area contributed by atoms with E-state index in [0.29, 0.717) is 12.6 Å². The second kappa shape index (κ2) is 7.43. The summed E-state index contributed by atoms with van der Waals surface area (Å²) in [6.45, 7) is 3.86. The summed E-state index contributed by atoms with van der Waals surface area (Å²) in [6.07, 6.45) is 1.24. The number of hydrogen-bond acceptors (Lipinski definition) is 3. The Morgan fingerprint density at radius 2 is 1.82 bits per heavy atom. The van der Waals surface area contributed by atoms with Gasteiger partial charge in [-0.3, -0.25) is 4.90 Å². The fraction of sp³-hybridized carbons (Fsp3) is 0.368. The van der Waals surface area contributed by atoms with Gasteiger partial charge in [0.25, 0.3) is 0 Å². The van der Waals surface area contributed by atoms with Crippen molar-refractivity contribution >= 4 is 0 Å². The average molecular weight is 296 g/mol. The molecule has 22 heavy (non-hydrogen) atoms. The molecule has 3 heteroatoms. The predicted molar refractivity (Wildman–Crippen MR) is 90.0 cm³/mol. The molecule has 0 aromatic heterocycles. The monoisotopic (exact) mass is 296 g/mol. The van der Waals surface area contributed by atoms with Gasteiger partial charge in [0, 0.05) is 19.1 Å². The lowest BCUT2D eigenvalue weighted by atomic mass is 10.1. The van der Waals surface area contributed by atoms with E-state index in [0.717, 1.165) is 25.4 Å². The lowest BCUT2D eigenvalue weighted by Gasteiger charge is -2.23. The normalized spacial score (nSPS) is 17.8. The van der Waals surface area contributed by atoms with Crippen LogP contribution in [0.3, 0.4) is 0 Å². The van der Waals surface area contributed by atoms with E-state index in [1.165, 1.54) is 17.5 Å². The Morgan fingerprint density at radius 3 is 2.50 bits per heavy atom. The van der Waals surface area contributed by atoms with E-state index in [-0.39, 0.29) is 0 Å². The van der Waals surface area contributed by atoms with Crippen molar-refractivity contribution in [3.63, 3.8) is 0 Å². The molecule has 1 atom stereocenters. The Balaban J connectivity index is 1.51. The molecule has 0 aliphatic carbocycles. The Morgan fingerprint density at radius 1 is 1.05 bits per heavy atom. The Hall–Kier alpha value is -1.84. The number of hydrogen-bond donors (Lipinski definition) is 1. The van der Waals surface area contributed by atoms with E-state index in [1.54, 1.807) is 0 Å². The van der Waals surface area contributed by atoms with Gasteiger partial charge in [-0.15, -0.1) is 0 Å². The Labute approximate surface area is 132 Å². The van der Waals surface area contributed by atoms with Gasteiger partial charge in [0.15, 0.2) is 0 Å². The highest BCUT2D eigenvalue weighted by molar-refractivity contribution is 5.27. The van der Waals surface area contributed by atoms with Crippen molar-refractivity contribution in [3.05, 3.63) is 65.7 Å². The topological polar surface area (TPSA) is 24.5 Å². The number of benzene rings is 2. The largest absolute Gasteiger partial charge is 0.489 e. The molecule has 0 bridgehead atoms. The zero-order chi connectivity index (χ0) is 15.2. The van der Waals surface area contributed by atoms with Crippen molar-refractivity contribution in [2.75, 3.05) is 20.1 Å². The van der Waals surface area contributed by atoms with Gasteiger partial charge in [-0.1, -0.05) is 42.5 Å². The zero-order valence-corrected chi connectivity index (χ0v) is 13.2. The number of nitrogens with zero attached hydrogens (tertiary/aromatic N) is 1. The summed E-state index contributed by atoms with van der Waals surface area (Å²) >= 11 is 0. The predicted octanol–water partition coefficient (Wildman–Crippen LogP) is 3.06. The standard InChI is InChI=1S/C19H24N2O/c1-21(18-11-12-20-13-18)14-16-7-9-19(10-8-16)22-15-17-5-3-2-4-6-17/h2-10,18,20H,11-15H2,1H3. The first-order valence-electron chi connectivity index (χ1n) is 7.98. The summed E-state index contributed by atoms with van der Waals surface area (Å²) in [6, 6.07) is 19.4. The minimum atomic E-state index is 0.619. The van der Waals surface area contributed by atoms with Gasteiger partial charge in [-0.25, -0.2) is 0 Å². The quantitative estimate of drug-likeness (QED) is 0.886. The van der Waals surface area contributed by atoms with Crippen LogP contribution in [0.1, 0.15) is 17.5 Å². The first-order chi connectivity index (χ1) is 10.8. The molecule has 0 spiro atoms. The molecule has 0 amide bonds. The lowest BCUT2D eigenvalue weighted by molar-refractivity contribution is 0.248. The van der Waals surface area contributed by atoms with Crippen LogP contribution in [0.4, 0.5) is 0 Å². The zero-order valence-electron chi connectivity index (χ0n) is 13.2. The second-order valence-corrected chi connectivity index (χ2v) is 5.98. The fourth-order valence-corrected chi connectivity index (χ4v) is 2.86. The van der Waals surface area contributed by atoms with Crippen LogP contribution in [-0.4, -0.2) is 31.1 Å². The smallest absolute Gasteiger partial charge is 0.119 e. The molecule has 1 unspecified atom stereocenters. The maximum atomic E-state index is 5.83. The number of ether oxygens (including phenoxy) is 1. The van der Waals surface area contributed by atoms with Crippen molar-refractivity contribution in [2.24, 2.45) is 0 Å². The summed E-state index contributed by atoms with van der Waals surface area (Å²) in [5, 5.41) is 3.42. The highest BCUT2D eigenvalue weighted by atomic mass is 16.5. The van der Waals surface area contributed by atoms with Crippen LogP contribution in [0.5, 0.6) is 5.75 Å². The van der Waals surface area contributed by atoms with Crippen molar-refractivity contribution in [2.45, 2.75) is 25.6 Å². The van der Waals surface area contributed by atoms with Gasteiger partial charge >= 0.3 is 0 Å². The molecule has 3 rings (SSSR count). The summed E-state index contributed by atoms with van der Waals surface area (Å²) < 4.78 is 5.83. The molecular formula is C19H24N2O. The third kappa shape index (κ3) is 4.09. The van der Waals surface area contributed by atoms with E-state index in [1.807, 2.05) is 18.2 Å². The maximum absolute atomic E-state index is 5.83. The van der Waals surface area contributed by atoms with Crippen LogP contribution in [0.25, 0.3) is 0 Å². The van der Waals surface area contributed by atoms with Crippen LogP contribution in [0.2, 0.25) is 0 Å². The molecule has 1 aliphatic rings. The highest BCUT2D eigenvalue weighted by Crippen LogP contribution is 2.17. The molecule has 1 aliphatic heterocycles. The first kappa shape index (κ1) is 15.1. The second-order valence-electron chi connectivity index (χ2n) is 5.98. The first-order valence-corrected chi connectivity index (χ1v) is 7.98. The summed E-state index contributed by atoms with van der Waals surface area (Å²) in [5.74, 6) is 0.929. The van der Waals surface area contributed by atoms with Gasteiger partial charge in [-0.2, -0.15) is 0 Å². The molecule has 1 heterocycles. The fourth-order valence-electron chi connectivity index (χ4n) is 2.86. The lowest BCUT2D eigenvalue weighted by Crippen LogP contribution is -2.32. The summed E-state index contributed by atoms with van der Waals surface area (Å²) in [4.78, 5) is 2.43. The third-order valence-electron chi connectivity index (χ3n) is 4.26. The van der Waals surface area contributed by atoms with Gasteiger partial charge in [0.05, 0.1) is 0 Å². The van der Waals surface area contributed by atoms with Crippen LogP contribution < -0.4 is 10.1 Å². The SMILES string of the molecule is CN(Cc1ccc(OCc2ccccc2)cc1)C1CCNC1. The van der Waals surface area contributed by atoms with Crippen LogP contribution >= 0.6 is 0 Å². The third-order valence-corrected chi connectivity index (χ3v) is 4.26. The molecule has 2 aromatic carbocycles. The summed E-state index contributed by atoms with van der Waals surface area (Å²) in [5.41, 5.74) is 2.53. The van der Waals surface area contributed by atoms with Gasteiger partial charge in [-0.05, 0) is 43.3 Å². The molecular weight excluding hydrogens is 272 g/mol. The van der Waals surface area contributed by atoms with E-state index in [9.17, 15) is 0 Å². The molecule has 0 radical (unpaired) electrons. The van der Waals surface area contributed by atoms with E-state index in [4.69, 9.17) is 4.74 Å².